The molecule has 6 atom stereocenters. The Morgan fingerprint density at radius 1 is 1.29 bits per heavy atom. The Kier molecular flexibility index (Phi) is 5.80. The minimum absolute atomic E-state index is 0.0181. The summed E-state index contributed by atoms with van der Waals surface area (Å²) in [5.41, 5.74) is 0.464. The van der Waals surface area contributed by atoms with Crippen LogP contribution in [0.15, 0.2) is 12.3 Å². The molecule has 0 radical (unpaired) electrons. The SMILES string of the molecule is CCCC(=O)NC(C)(C)/C=C/n1ncc(C(=O)NC2C3CC4CC5CC2C5(C4)C3)c1OC(C)C. The zero-order valence-corrected chi connectivity index (χ0v) is 21.3. The number of fused-ring (bicyclic) bond motifs is 2. The van der Waals surface area contributed by atoms with Crippen molar-refractivity contribution in [2.75, 3.05) is 0 Å². The van der Waals surface area contributed by atoms with E-state index in [4.69, 9.17) is 4.74 Å². The van der Waals surface area contributed by atoms with Gasteiger partial charge in [-0.3, -0.25) is 9.59 Å². The molecule has 7 nitrogen and oxygen atoms in total. The predicted molar refractivity (Wildman–Crippen MR) is 131 cm³/mol. The lowest BCUT2D eigenvalue weighted by Gasteiger charge is -2.50. The summed E-state index contributed by atoms with van der Waals surface area (Å²) < 4.78 is 7.67. The van der Waals surface area contributed by atoms with Gasteiger partial charge in [0.2, 0.25) is 11.8 Å². The third-order valence-corrected chi connectivity index (χ3v) is 8.81. The summed E-state index contributed by atoms with van der Waals surface area (Å²) >= 11 is 0. The van der Waals surface area contributed by atoms with Gasteiger partial charge in [0, 0.05) is 18.7 Å². The molecular weight excluding hydrogens is 428 g/mol. The zero-order valence-electron chi connectivity index (χ0n) is 21.3. The first-order valence-corrected chi connectivity index (χ1v) is 13.2. The molecule has 5 rings (SSSR count). The fourth-order valence-corrected chi connectivity index (χ4v) is 7.63. The van der Waals surface area contributed by atoms with E-state index in [0.29, 0.717) is 35.1 Å². The molecule has 1 heterocycles. The van der Waals surface area contributed by atoms with Crippen LogP contribution in [0, 0.1) is 29.1 Å². The quantitative estimate of drug-likeness (QED) is 0.563. The lowest BCUT2D eigenvalue weighted by molar-refractivity contribution is -0.122. The van der Waals surface area contributed by atoms with Crippen LogP contribution in [0.2, 0.25) is 0 Å². The Labute approximate surface area is 203 Å². The van der Waals surface area contributed by atoms with Gasteiger partial charge in [-0.25, -0.2) is 4.68 Å². The van der Waals surface area contributed by atoms with Gasteiger partial charge in [-0.2, -0.15) is 5.10 Å². The van der Waals surface area contributed by atoms with Crippen LogP contribution in [0.3, 0.4) is 0 Å². The van der Waals surface area contributed by atoms with Gasteiger partial charge < -0.3 is 15.4 Å². The van der Waals surface area contributed by atoms with E-state index in [2.05, 4.69) is 15.7 Å². The fourth-order valence-electron chi connectivity index (χ4n) is 7.63. The third kappa shape index (κ3) is 3.95. The number of nitrogens with zero attached hydrogens (tertiary/aromatic N) is 2. The molecule has 4 aliphatic carbocycles. The zero-order chi connectivity index (χ0) is 24.3. The van der Waals surface area contributed by atoms with Crippen molar-refractivity contribution in [3.05, 3.63) is 17.8 Å². The second-order valence-corrected chi connectivity index (χ2v) is 12.1. The second kappa shape index (κ2) is 8.42. The van der Waals surface area contributed by atoms with Crippen LogP contribution >= 0.6 is 0 Å². The molecule has 1 aromatic heterocycles. The molecule has 3 bridgehead atoms. The van der Waals surface area contributed by atoms with Crippen molar-refractivity contribution in [2.45, 2.75) is 97.2 Å². The van der Waals surface area contributed by atoms with Crippen LogP contribution in [0.4, 0.5) is 0 Å². The van der Waals surface area contributed by atoms with Crippen molar-refractivity contribution < 1.29 is 14.3 Å². The average molecular weight is 469 g/mol. The Balaban J connectivity index is 1.32. The Morgan fingerprint density at radius 3 is 2.82 bits per heavy atom. The van der Waals surface area contributed by atoms with Crippen LogP contribution in [-0.4, -0.2) is 39.3 Å². The van der Waals surface area contributed by atoms with Gasteiger partial charge in [-0.05, 0) is 101 Å². The highest BCUT2D eigenvalue weighted by Crippen LogP contribution is 2.75. The van der Waals surface area contributed by atoms with E-state index in [9.17, 15) is 9.59 Å². The molecule has 34 heavy (non-hydrogen) atoms. The minimum Gasteiger partial charge on any atom is -0.474 e. The molecule has 4 aliphatic rings. The largest absolute Gasteiger partial charge is 0.474 e. The molecule has 7 heteroatoms. The van der Waals surface area contributed by atoms with Gasteiger partial charge in [0.25, 0.3) is 5.91 Å². The summed E-state index contributed by atoms with van der Waals surface area (Å²) in [6.45, 7) is 9.76. The average Bonchev–Trinajstić information content (AvgIpc) is 3.27. The Hall–Kier alpha value is -2.31. The highest BCUT2D eigenvalue weighted by atomic mass is 16.5. The van der Waals surface area contributed by atoms with E-state index in [1.54, 1.807) is 17.1 Å². The predicted octanol–water partition coefficient (Wildman–Crippen LogP) is 4.39. The fraction of sp³-hybridized carbons (Fsp3) is 0.741. The van der Waals surface area contributed by atoms with Gasteiger partial charge in [-0.1, -0.05) is 6.92 Å². The van der Waals surface area contributed by atoms with Crippen LogP contribution < -0.4 is 15.4 Å². The molecule has 4 fully saturated rings. The lowest BCUT2D eigenvalue weighted by atomic mass is 9.55. The van der Waals surface area contributed by atoms with E-state index < -0.39 is 5.54 Å². The smallest absolute Gasteiger partial charge is 0.258 e. The number of nitrogens with one attached hydrogen (secondary N) is 2. The highest BCUT2D eigenvalue weighted by molar-refractivity contribution is 5.96. The van der Waals surface area contributed by atoms with Crippen molar-refractivity contribution in [3.63, 3.8) is 0 Å². The van der Waals surface area contributed by atoms with Gasteiger partial charge >= 0.3 is 0 Å². The summed E-state index contributed by atoms with van der Waals surface area (Å²) in [6.07, 6.45) is 13.1. The molecule has 0 aliphatic heterocycles. The molecule has 2 amide bonds. The molecule has 186 valence electrons. The van der Waals surface area contributed by atoms with Crippen molar-refractivity contribution in [1.29, 1.82) is 0 Å². The number of hydrogen-bond donors (Lipinski definition) is 2. The van der Waals surface area contributed by atoms with Gasteiger partial charge in [-0.15, -0.1) is 0 Å². The molecular formula is C27H40N4O3. The molecule has 1 aromatic rings. The number of ether oxygens (including phenoxy) is 1. The Morgan fingerprint density at radius 2 is 2.09 bits per heavy atom. The summed E-state index contributed by atoms with van der Waals surface area (Å²) in [6, 6.07) is 0.285. The van der Waals surface area contributed by atoms with Gasteiger partial charge in [0.05, 0.1) is 17.8 Å². The van der Waals surface area contributed by atoms with Crippen LogP contribution in [0.5, 0.6) is 5.88 Å². The van der Waals surface area contributed by atoms with Crippen LogP contribution in [-0.2, 0) is 4.79 Å². The summed E-state index contributed by atoms with van der Waals surface area (Å²) in [4.78, 5) is 25.5. The van der Waals surface area contributed by atoms with Crippen molar-refractivity contribution in [1.82, 2.24) is 20.4 Å². The second-order valence-electron chi connectivity index (χ2n) is 12.1. The van der Waals surface area contributed by atoms with E-state index in [1.807, 2.05) is 40.7 Å². The molecule has 4 saturated carbocycles. The first-order valence-electron chi connectivity index (χ1n) is 13.2. The maximum atomic E-state index is 13.5. The first kappa shape index (κ1) is 23.4. The molecule has 1 spiro atoms. The first-order chi connectivity index (χ1) is 16.1. The van der Waals surface area contributed by atoms with E-state index >= 15 is 0 Å². The molecule has 0 saturated heterocycles. The topological polar surface area (TPSA) is 85.2 Å². The van der Waals surface area contributed by atoms with Crippen molar-refractivity contribution in [3.8, 4) is 5.88 Å². The summed E-state index contributed by atoms with van der Waals surface area (Å²) in [5, 5.41) is 10.9. The van der Waals surface area contributed by atoms with Crippen LogP contribution in [0.25, 0.3) is 6.20 Å². The lowest BCUT2D eigenvalue weighted by Crippen LogP contribution is -2.51. The number of carbonyl (C=O) groups is 2. The highest BCUT2D eigenvalue weighted by Gasteiger charge is 2.70. The van der Waals surface area contributed by atoms with Crippen LogP contribution in [0.1, 0.15) is 89.9 Å². The number of aromatic nitrogens is 2. The van der Waals surface area contributed by atoms with E-state index in [1.165, 1.54) is 32.1 Å². The normalized spacial score (nSPS) is 33.3. The molecule has 2 N–H and O–H groups in total. The van der Waals surface area contributed by atoms with E-state index in [-0.39, 0.29) is 24.0 Å². The maximum absolute atomic E-state index is 13.5. The maximum Gasteiger partial charge on any atom is 0.258 e. The van der Waals surface area contributed by atoms with Crippen molar-refractivity contribution >= 4 is 18.0 Å². The molecule has 6 unspecified atom stereocenters. The monoisotopic (exact) mass is 468 g/mol. The Bertz CT molecular complexity index is 996. The number of amides is 2. The van der Waals surface area contributed by atoms with Crippen molar-refractivity contribution in [2.24, 2.45) is 29.1 Å². The number of hydrogen-bond acceptors (Lipinski definition) is 4. The summed E-state index contributed by atoms with van der Waals surface area (Å²) in [5.74, 6) is 3.44. The number of carbonyl (C=O) groups excluding carboxylic acids is 2. The minimum atomic E-state index is -0.545. The third-order valence-electron chi connectivity index (χ3n) is 8.81. The van der Waals surface area contributed by atoms with Gasteiger partial charge in [0.15, 0.2) is 0 Å². The number of rotatable bonds is 9. The molecule has 0 aromatic carbocycles. The standard InChI is InChI=1S/C27H40N4O3/c1-6-7-22(32)30-26(4,5)8-9-31-25(34-16(2)3)20(15-28-31)24(33)29-23-18-10-17-11-19-12-21(23)27(19,13-17)14-18/h8-9,15-19,21,23H,6-7,10-14H2,1-5H3,(H,29,33)(H,30,32)/b9-8+. The summed E-state index contributed by atoms with van der Waals surface area (Å²) in [7, 11) is 0. The van der Waals surface area contributed by atoms with E-state index in [0.717, 1.165) is 18.3 Å². The van der Waals surface area contributed by atoms with Gasteiger partial charge in [0.1, 0.15) is 5.56 Å².